The van der Waals surface area contributed by atoms with Gasteiger partial charge in [0.05, 0.1) is 18.8 Å². The molecule has 3 aromatic carbocycles. The molecule has 1 N–H and O–H groups in total. The highest BCUT2D eigenvalue weighted by molar-refractivity contribution is 5.85. The molecule has 6 heteroatoms. The van der Waals surface area contributed by atoms with Crippen LogP contribution in [0.1, 0.15) is 42.1 Å². The molecule has 1 aliphatic heterocycles. The number of anilines is 1. The van der Waals surface area contributed by atoms with Crippen LogP contribution in [-0.2, 0) is 18.3 Å². The Morgan fingerprint density at radius 1 is 1.08 bits per heavy atom. The number of carboxylic acids is 1. The molecular weight excluding hydrogens is 462 g/mol. The number of fused-ring (bicyclic) bond motifs is 1. The second-order valence-corrected chi connectivity index (χ2v) is 9.44. The molecule has 2 unspecified atom stereocenters. The molecule has 0 amide bonds. The summed E-state index contributed by atoms with van der Waals surface area (Å²) in [7, 11) is 1.93. The summed E-state index contributed by atoms with van der Waals surface area (Å²) in [5.74, 6) is -0.0891. The summed E-state index contributed by atoms with van der Waals surface area (Å²) in [6.07, 6.45) is 7.65. The summed E-state index contributed by atoms with van der Waals surface area (Å²) in [5.41, 5.74) is 8.03. The predicted molar refractivity (Wildman–Crippen MR) is 147 cm³/mol. The normalized spacial score (nSPS) is 17.1. The highest BCUT2D eigenvalue weighted by Crippen LogP contribution is 2.42. The number of aromatic nitrogens is 2. The molecule has 188 valence electrons. The van der Waals surface area contributed by atoms with Crippen molar-refractivity contribution in [2.24, 2.45) is 7.05 Å². The van der Waals surface area contributed by atoms with Crippen LogP contribution in [0.2, 0.25) is 0 Å². The van der Waals surface area contributed by atoms with Gasteiger partial charge in [-0.3, -0.25) is 4.68 Å². The van der Waals surface area contributed by atoms with Crippen molar-refractivity contribution in [3.8, 4) is 16.9 Å². The molecule has 0 saturated heterocycles. The Bertz CT molecular complexity index is 1420. The third-order valence-corrected chi connectivity index (χ3v) is 6.86. The molecule has 37 heavy (non-hydrogen) atoms. The number of nitrogens with zero attached hydrogens (tertiary/aromatic N) is 3. The first-order valence-corrected chi connectivity index (χ1v) is 12.6. The lowest BCUT2D eigenvalue weighted by Crippen LogP contribution is -2.42. The monoisotopic (exact) mass is 493 g/mol. The zero-order valence-corrected chi connectivity index (χ0v) is 21.3. The SMILES string of the molecule is CCOc1ccc(N2C(C)Cc3cc(-c4cnn(C)c4)ccc3C2c2ccc(/C=C/C(=O)O)cc2)cc1. The largest absolute Gasteiger partial charge is 0.494 e. The van der Waals surface area contributed by atoms with E-state index >= 15 is 0 Å². The van der Waals surface area contributed by atoms with Crippen LogP contribution in [-0.4, -0.2) is 33.5 Å². The van der Waals surface area contributed by atoms with Crippen LogP contribution < -0.4 is 9.64 Å². The van der Waals surface area contributed by atoms with Crippen LogP contribution in [0.3, 0.4) is 0 Å². The minimum atomic E-state index is -0.954. The van der Waals surface area contributed by atoms with Gasteiger partial charge in [-0.2, -0.15) is 5.10 Å². The third kappa shape index (κ3) is 5.14. The third-order valence-electron chi connectivity index (χ3n) is 6.86. The van der Waals surface area contributed by atoms with Gasteiger partial charge in [-0.1, -0.05) is 42.5 Å². The Labute approximate surface area is 217 Å². The average Bonchev–Trinajstić information content (AvgIpc) is 3.34. The summed E-state index contributed by atoms with van der Waals surface area (Å²) in [6.45, 7) is 4.90. The summed E-state index contributed by atoms with van der Waals surface area (Å²) < 4.78 is 7.51. The Morgan fingerprint density at radius 3 is 2.49 bits per heavy atom. The van der Waals surface area contributed by atoms with Crippen LogP contribution in [0, 0.1) is 0 Å². The smallest absolute Gasteiger partial charge is 0.328 e. The van der Waals surface area contributed by atoms with Gasteiger partial charge in [-0.15, -0.1) is 0 Å². The van der Waals surface area contributed by atoms with Crippen molar-refractivity contribution in [1.29, 1.82) is 0 Å². The van der Waals surface area contributed by atoms with Gasteiger partial charge in [-0.05, 0) is 78.4 Å². The molecule has 2 heterocycles. The minimum absolute atomic E-state index is 0.0112. The molecule has 1 aliphatic rings. The van der Waals surface area contributed by atoms with E-state index in [-0.39, 0.29) is 12.1 Å². The second kappa shape index (κ2) is 10.3. The van der Waals surface area contributed by atoms with E-state index in [2.05, 4.69) is 59.4 Å². The van der Waals surface area contributed by atoms with Crippen molar-refractivity contribution in [3.05, 3.63) is 107 Å². The quantitative estimate of drug-likeness (QED) is 0.314. The van der Waals surface area contributed by atoms with Crippen molar-refractivity contribution in [1.82, 2.24) is 9.78 Å². The van der Waals surface area contributed by atoms with E-state index in [4.69, 9.17) is 9.84 Å². The van der Waals surface area contributed by atoms with E-state index < -0.39 is 5.97 Å². The summed E-state index contributed by atoms with van der Waals surface area (Å²) >= 11 is 0. The molecule has 4 aromatic rings. The molecular formula is C31H31N3O3. The minimum Gasteiger partial charge on any atom is -0.494 e. The summed E-state index contributed by atoms with van der Waals surface area (Å²) in [4.78, 5) is 13.4. The Morgan fingerprint density at radius 2 is 1.84 bits per heavy atom. The number of rotatable bonds is 7. The van der Waals surface area contributed by atoms with Gasteiger partial charge < -0.3 is 14.7 Å². The van der Waals surface area contributed by atoms with Crippen LogP contribution in [0.4, 0.5) is 5.69 Å². The lowest BCUT2D eigenvalue weighted by Gasteiger charge is -2.44. The van der Waals surface area contributed by atoms with Gasteiger partial charge in [0.2, 0.25) is 0 Å². The molecule has 0 radical (unpaired) electrons. The predicted octanol–water partition coefficient (Wildman–Crippen LogP) is 6.12. The Hall–Kier alpha value is -4.32. The molecule has 1 aromatic heterocycles. The zero-order valence-electron chi connectivity index (χ0n) is 21.3. The fourth-order valence-corrected chi connectivity index (χ4v) is 5.20. The van der Waals surface area contributed by atoms with E-state index in [1.54, 1.807) is 6.08 Å². The molecule has 0 fully saturated rings. The molecule has 2 atom stereocenters. The van der Waals surface area contributed by atoms with E-state index in [9.17, 15) is 4.79 Å². The number of ether oxygens (including phenoxy) is 1. The standard InChI is InChI=1S/C31H31N3O3/c1-4-37-28-13-11-27(12-14-28)34-21(2)17-25-18-24(26-19-32-33(3)20-26)10-15-29(25)31(34)23-8-5-22(6-9-23)7-16-30(35)36/h5-16,18-21,31H,4,17H2,1-3H3,(H,35,36)/b16-7+. The number of carboxylic acid groups (broad SMARTS) is 1. The molecule has 0 spiro atoms. The maximum Gasteiger partial charge on any atom is 0.328 e. The lowest BCUT2D eigenvalue weighted by molar-refractivity contribution is -0.131. The molecule has 0 aliphatic carbocycles. The van der Waals surface area contributed by atoms with E-state index in [1.165, 1.54) is 22.8 Å². The van der Waals surface area contributed by atoms with Crippen molar-refractivity contribution in [3.63, 3.8) is 0 Å². The van der Waals surface area contributed by atoms with Gasteiger partial charge >= 0.3 is 5.97 Å². The van der Waals surface area contributed by atoms with Crippen LogP contribution in [0.25, 0.3) is 17.2 Å². The fraction of sp³-hybridized carbons (Fsp3) is 0.226. The maximum atomic E-state index is 10.9. The molecule has 6 nitrogen and oxygen atoms in total. The number of benzene rings is 3. The second-order valence-electron chi connectivity index (χ2n) is 9.44. The van der Waals surface area contributed by atoms with E-state index in [0.29, 0.717) is 6.61 Å². The van der Waals surface area contributed by atoms with Gasteiger partial charge in [0, 0.05) is 36.6 Å². The number of hydrogen-bond acceptors (Lipinski definition) is 4. The van der Waals surface area contributed by atoms with Gasteiger partial charge in [0.25, 0.3) is 0 Å². The Kier molecular flexibility index (Phi) is 6.82. The van der Waals surface area contributed by atoms with Crippen molar-refractivity contribution in [2.45, 2.75) is 32.4 Å². The molecule has 0 bridgehead atoms. The Balaban J connectivity index is 1.58. The molecule has 5 rings (SSSR count). The summed E-state index contributed by atoms with van der Waals surface area (Å²) in [5, 5.41) is 13.3. The van der Waals surface area contributed by atoms with Gasteiger partial charge in [0.15, 0.2) is 0 Å². The summed E-state index contributed by atoms with van der Waals surface area (Å²) in [6, 6.07) is 23.5. The van der Waals surface area contributed by atoms with Crippen LogP contribution in [0.5, 0.6) is 5.75 Å². The maximum absolute atomic E-state index is 10.9. The zero-order chi connectivity index (χ0) is 25.9. The van der Waals surface area contributed by atoms with Gasteiger partial charge in [-0.25, -0.2) is 4.79 Å². The van der Waals surface area contributed by atoms with E-state index in [0.717, 1.165) is 34.5 Å². The van der Waals surface area contributed by atoms with Crippen LogP contribution >= 0.6 is 0 Å². The number of hydrogen-bond donors (Lipinski definition) is 1. The first-order valence-electron chi connectivity index (χ1n) is 12.6. The van der Waals surface area contributed by atoms with Crippen molar-refractivity contribution in [2.75, 3.05) is 11.5 Å². The highest BCUT2D eigenvalue weighted by Gasteiger charge is 2.33. The first-order chi connectivity index (χ1) is 17.9. The van der Waals surface area contributed by atoms with Gasteiger partial charge in [0.1, 0.15) is 5.75 Å². The number of carbonyl (C=O) groups is 1. The average molecular weight is 494 g/mol. The molecule has 0 saturated carbocycles. The topological polar surface area (TPSA) is 67.6 Å². The fourth-order valence-electron chi connectivity index (χ4n) is 5.20. The van der Waals surface area contributed by atoms with Crippen molar-refractivity contribution >= 4 is 17.7 Å². The van der Waals surface area contributed by atoms with E-state index in [1.807, 2.05) is 55.3 Å². The first kappa shape index (κ1) is 24.4. The van der Waals surface area contributed by atoms with Crippen molar-refractivity contribution < 1.29 is 14.6 Å². The number of aliphatic carboxylic acids is 1. The van der Waals surface area contributed by atoms with Crippen LogP contribution in [0.15, 0.2) is 85.2 Å². The highest BCUT2D eigenvalue weighted by atomic mass is 16.5. The lowest BCUT2D eigenvalue weighted by atomic mass is 9.83. The number of aryl methyl sites for hydroxylation is 1.